The molecule has 5 heteroatoms. The fourth-order valence-corrected chi connectivity index (χ4v) is 4.60. The molecule has 1 aliphatic rings. The molecule has 0 saturated heterocycles. The molecule has 0 fully saturated rings. The minimum Gasteiger partial charge on any atom is -0.378 e. The van der Waals surface area contributed by atoms with Gasteiger partial charge in [0.05, 0.1) is 23.7 Å². The lowest BCUT2D eigenvalue weighted by molar-refractivity contribution is 0.332. The maximum atomic E-state index is 9.64. The Bertz CT molecular complexity index is 1100. The molecule has 198 valence electrons. The first-order valence-electron chi connectivity index (χ1n) is 13.4. The van der Waals surface area contributed by atoms with Crippen LogP contribution in [0, 0.1) is 17.2 Å². The summed E-state index contributed by atoms with van der Waals surface area (Å²) in [5, 5.41) is 16.7. The molecule has 1 aromatic rings. The smallest absolute Gasteiger partial charge is 0.0995 e. The van der Waals surface area contributed by atoms with E-state index in [2.05, 4.69) is 80.1 Å². The second-order valence-corrected chi connectivity index (χ2v) is 9.94. The van der Waals surface area contributed by atoms with Gasteiger partial charge in [-0.3, -0.25) is 4.99 Å². The summed E-state index contributed by atoms with van der Waals surface area (Å²) in [7, 11) is 0. The largest absolute Gasteiger partial charge is 0.378 e. The van der Waals surface area contributed by atoms with E-state index < -0.39 is 0 Å². The van der Waals surface area contributed by atoms with Gasteiger partial charge < -0.3 is 15.5 Å². The molecule has 0 aliphatic carbocycles. The average molecular weight is 500 g/mol. The third-order valence-electron chi connectivity index (χ3n) is 6.98. The molecule has 1 aliphatic heterocycles. The van der Waals surface area contributed by atoms with Crippen LogP contribution in [0.2, 0.25) is 0 Å². The zero-order valence-electron chi connectivity index (χ0n) is 23.5. The summed E-state index contributed by atoms with van der Waals surface area (Å²) >= 11 is 0. The first kappa shape index (κ1) is 29.7. The summed E-state index contributed by atoms with van der Waals surface area (Å²) in [5.74, 6) is 0.383. The van der Waals surface area contributed by atoms with Gasteiger partial charge in [0.15, 0.2) is 0 Å². The number of benzene rings is 1. The molecule has 0 amide bonds. The first-order valence-corrected chi connectivity index (χ1v) is 13.4. The van der Waals surface area contributed by atoms with Crippen LogP contribution in [-0.4, -0.2) is 30.4 Å². The van der Waals surface area contributed by atoms with Crippen LogP contribution in [0.4, 0.5) is 0 Å². The molecule has 2 N–H and O–H groups in total. The summed E-state index contributed by atoms with van der Waals surface area (Å²) in [6.07, 6.45) is 7.96. The molecular weight excluding hydrogens is 454 g/mol. The van der Waals surface area contributed by atoms with E-state index in [0.29, 0.717) is 18.0 Å². The Morgan fingerprint density at radius 2 is 1.97 bits per heavy atom. The number of aliphatic imine (C=N–C) groups is 1. The number of nitrogens with zero attached hydrogens (tertiary/aromatic N) is 3. The van der Waals surface area contributed by atoms with Gasteiger partial charge in [0.1, 0.15) is 0 Å². The third kappa shape index (κ3) is 8.25. The number of rotatable bonds is 9. The van der Waals surface area contributed by atoms with Crippen molar-refractivity contribution in [3.8, 4) is 6.07 Å². The van der Waals surface area contributed by atoms with Gasteiger partial charge in [-0.15, -0.1) is 0 Å². The summed E-state index contributed by atoms with van der Waals surface area (Å²) in [6.45, 7) is 26.2. The second-order valence-electron chi connectivity index (χ2n) is 9.94. The van der Waals surface area contributed by atoms with Crippen LogP contribution in [-0.2, 0) is 6.54 Å². The van der Waals surface area contributed by atoms with Gasteiger partial charge in [0, 0.05) is 42.6 Å². The van der Waals surface area contributed by atoms with E-state index in [1.54, 1.807) is 6.34 Å². The Morgan fingerprint density at radius 3 is 2.62 bits per heavy atom. The van der Waals surface area contributed by atoms with Gasteiger partial charge in [0.2, 0.25) is 0 Å². The predicted molar refractivity (Wildman–Crippen MR) is 158 cm³/mol. The molecule has 0 bridgehead atoms. The van der Waals surface area contributed by atoms with Crippen molar-refractivity contribution in [1.82, 2.24) is 15.5 Å². The van der Waals surface area contributed by atoms with Gasteiger partial charge in [-0.05, 0) is 62.7 Å². The molecule has 2 rings (SSSR count). The molecule has 1 atom stereocenters. The van der Waals surface area contributed by atoms with Crippen LogP contribution >= 0.6 is 0 Å². The topological polar surface area (TPSA) is 63.5 Å². The van der Waals surface area contributed by atoms with Crippen LogP contribution in [0.3, 0.4) is 0 Å². The Hall–Kier alpha value is -3.52. The van der Waals surface area contributed by atoms with Gasteiger partial charge in [-0.1, -0.05) is 70.4 Å². The zero-order valence-corrected chi connectivity index (χ0v) is 23.5. The van der Waals surface area contributed by atoms with E-state index in [-0.39, 0.29) is 6.04 Å². The summed E-state index contributed by atoms with van der Waals surface area (Å²) in [5.41, 5.74) is 7.58. The van der Waals surface area contributed by atoms with Gasteiger partial charge >= 0.3 is 0 Å². The molecule has 1 unspecified atom stereocenters. The van der Waals surface area contributed by atoms with Crippen LogP contribution in [0.5, 0.6) is 0 Å². The lowest BCUT2D eigenvalue weighted by Gasteiger charge is -2.31. The normalized spacial score (nSPS) is 18.4. The standard InChI is InChI=1S/C32H45N5/c1-9-24(5)31(23(3)4)36-26(7)30(10-2)32-25(6)27(8)37(19-15-11-14-18-34-22-35-32)21-29-17-13-12-16-28(29)20-33/h10,12-13,16-17,22-23,31,36H,5,7-9,11,14-15,18-19,21H2,1-4,6H3,(H,34,35)/b30-10-,32-25-. The van der Waals surface area contributed by atoms with Crippen molar-refractivity contribution >= 4 is 6.34 Å². The van der Waals surface area contributed by atoms with Crippen LogP contribution < -0.4 is 10.6 Å². The number of nitriles is 1. The van der Waals surface area contributed by atoms with E-state index in [1.165, 1.54) is 0 Å². The minimum absolute atomic E-state index is 0.135. The Balaban J connectivity index is 2.48. The van der Waals surface area contributed by atoms with Crippen molar-refractivity contribution in [1.29, 1.82) is 5.26 Å². The molecule has 1 heterocycles. The van der Waals surface area contributed by atoms with Crippen LogP contribution in [0.15, 0.2) is 88.9 Å². The number of hydrogen-bond acceptors (Lipinski definition) is 5. The SMILES string of the molecule is C=C(NC(C(=C)CC)C(C)C)C(=C/C)/C1=C(\C)C(=C)N(Cc2ccccc2C#N)CCCCCN=CN1. The summed E-state index contributed by atoms with van der Waals surface area (Å²) in [4.78, 5) is 6.89. The van der Waals surface area contributed by atoms with Crippen LogP contribution in [0.25, 0.3) is 0 Å². The first-order chi connectivity index (χ1) is 17.7. The third-order valence-corrected chi connectivity index (χ3v) is 6.98. The van der Waals surface area contributed by atoms with Gasteiger partial charge in [-0.2, -0.15) is 5.26 Å². The Kier molecular flexibility index (Phi) is 12.0. The quantitative estimate of drug-likeness (QED) is 0.284. The van der Waals surface area contributed by atoms with Crippen molar-refractivity contribution in [2.24, 2.45) is 10.9 Å². The summed E-state index contributed by atoms with van der Waals surface area (Å²) in [6, 6.07) is 10.3. The highest BCUT2D eigenvalue weighted by Crippen LogP contribution is 2.27. The maximum absolute atomic E-state index is 9.64. The van der Waals surface area contributed by atoms with Gasteiger partial charge in [-0.25, -0.2) is 0 Å². The zero-order chi connectivity index (χ0) is 27.4. The molecule has 1 aromatic carbocycles. The molecule has 0 spiro atoms. The monoisotopic (exact) mass is 499 g/mol. The maximum Gasteiger partial charge on any atom is 0.0995 e. The fraction of sp³-hybridized carbons (Fsp3) is 0.438. The fourth-order valence-electron chi connectivity index (χ4n) is 4.60. The average Bonchev–Trinajstić information content (AvgIpc) is 2.89. The van der Waals surface area contributed by atoms with Crippen molar-refractivity contribution in [2.75, 3.05) is 13.1 Å². The number of nitrogens with one attached hydrogen (secondary N) is 2. The Labute approximate surface area is 225 Å². The molecular formula is C32H45N5. The molecule has 0 aromatic heterocycles. The Morgan fingerprint density at radius 1 is 1.24 bits per heavy atom. The van der Waals surface area contributed by atoms with E-state index in [0.717, 1.165) is 78.1 Å². The second kappa shape index (κ2) is 14.9. The van der Waals surface area contributed by atoms with Crippen LogP contribution in [0.1, 0.15) is 71.4 Å². The number of hydrogen-bond donors (Lipinski definition) is 2. The lowest BCUT2D eigenvalue weighted by Crippen LogP contribution is -2.36. The van der Waals surface area contributed by atoms with E-state index in [4.69, 9.17) is 0 Å². The molecule has 37 heavy (non-hydrogen) atoms. The van der Waals surface area contributed by atoms with Gasteiger partial charge in [0.25, 0.3) is 0 Å². The van der Waals surface area contributed by atoms with Crippen molar-refractivity contribution in [3.63, 3.8) is 0 Å². The predicted octanol–water partition coefficient (Wildman–Crippen LogP) is 6.99. The molecule has 0 radical (unpaired) electrons. The lowest BCUT2D eigenvalue weighted by atomic mass is 9.93. The molecule has 0 saturated carbocycles. The highest BCUT2D eigenvalue weighted by Gasteiger charge is 2.21. The van der Waals surface area contributed by atoms with Crippen molar-refractivity contribution in [2.45, 2.75) is 72.9 Å². The van der Waals surface area contributed by atoms with E-state index in [9.17, 15) is 5.26 Å². The highest BCUT2D eigenvalue weighted by molar-refractivity contribution is 5.64. The van der Waals surface area contributed by atoms with E-state index >= 15 is 0 Å². The minimum atomic E-state index is 0.135. The highest BCUT2D eigenvalue weighted by atomic mass is 15.1. The van der Waals surface area contributed by atoms with Crippen molar-refractivity contribution in [3.05, 3.63) is 95.0 Å². The van der Waals surface area contributed by atoms with Crippen molar-refractivity contribution < 1.29 is 0 Å². The molecule has 5 nitrogen and oxygen atoms in total. The van der Waals surface area contributed by atoms with E-state index in [1.807, 2.05) is 31.2 Å². The summed E-state index contributed by atoms with van der Waals surface area (Å²) < 4.78 is 0. The number of allylic oxidation sites excluding steroid dienone is 2.